The fourth-order valence-electron chi connectivity index (χ4n) is 1.03. The highest BCUT2D eigenvalue weighted by atomic mass is 16.5. The maximum Gasteiger partial charge on any atom is 0.0930 e. The summed E-state index contributed by atoms with van der Waals surface area (Å²) in [6, 6.07) is 7.76. The molecule has 1 rings (SSSR count). The normalized spacial score (nSPS) is 10.7. The van der Waals surface area contributed by atoms with Crippen molar-refractivity contribution in [3.63, 3.8) is 0 Å². The third-order valence-corrected chi connectivity index (χ3v) is 1.80. The molecular weight excluding hydrogens is 160 g/mol. The predicted molar refractivity (Wildman–Crippen MR) is 55.0 cm³/mol. The molecule has 0 saturated heterocycles. The quantitative estimate of drug-likeness (QED) is 0.492. The molecule has 0 heterocycles. The summed E-state index contributed by atoms with van der Waals surface area (Å²) < 4.78 is 5.05. The molecule has 66 valence electrons. The zero-order valence-electron chi connectivity index (χ0n) is 7.87. The van der Waals surface area contributed by atoms with E-state index in [4.69, 9.17) is 11.2 Å². The van der Waals surface area contributed by atoms with Crippen LogP contribution in [0.3, 0.4) is 0 Å². The first-order chi connectivity index (χ1) is 6.27. The Hall–Kier alpha value is -1.68. The molecule has 0 amide bonds. The van der Waals surface area contributed by atoms with E-state index in [0.29, 0.717) is 0 Å². The van der Waals surface area contributed by atoms with Gasteiger partial charge in [0.05, 0.1) is 12.9 Å². The Bertz CT molecular complexity index is 356. The average molecular weight is 172 g/mol. The first-order valence-corrected chi connectivity index (χ1v) is 4.06. The highest BCUT2D eigenvalue weighted by molar-refractivity contribution is 5.59. The molecule has 0 bridgehead atoms. The van der Waals surface area contributed by atoms with Crippen LogP contribution in [0.5, 0.6) is 0 Å². The van der Waals surface area contributed by atoms with Crippen molar-refractivity contribution >= 4 is 6.08 Å². The minimum absolute atomic E-state index is 0.850. The van der Waals surface area contributed by atoms with Gasteiger partial charge in [0.2, 0.25) is 0 Å². The Balaban J connectivity index is 3.09. The van der Waals surface area contributed by atoms with E-state index in [1.54, 1.807) is 7.11 Å². The summed E-state index contributed by atoms with van der Waals surface area (Å²) in [5.41, 5.74) is 1.91. The van der Waals surface area contributed by atoms with Crippen molar-refractivity contribution in [2.24, 2.45) is 0 Å². The fourth-order valence-corrected chi connectivity index (χ4v) is 1.03. The SMILES string of the molecule is C#Cc1ccccc1/C=C(\C)OC. The summed E-state index contributed by atoms with van der Waals surface area (Å²) >= 11 is 0. The number of methoxy groups -OCH3 is 1. The minimum atomic E-state index is 0.850. The monoisotopic (exact) mass is 172 g/mol. The Morgan fingerprint density at radius 1 is 1.46 bits per heavy atom. The van der Waals surface area contributed by atoms with E-state index in [2.05, 4.69) is 5.92 Å². The van der Waals surface area contributed by atoms with Crippen molar-refractivity contribution in [2.75, 3.05) is 7.11 Å². The molecular formula is C12H12O. The van der Waals surface area contributed by atoms with Gasteiger partial charge >= 0.3 is 0 Å². The van der Waals surface area contributed by atoms with Crippen LogP contribution < -0.4 is 0 Å². The second kappa shape index (κ2) is 4.37. The summed E-state index contributed by atoms with van der Waals surface area (Å²) in [4.78, 5) is 0. The Kier molecular flexibility index (Phi) is 3.16. The first kappa shape index (κ1) is 9.41. The molecule has 0 spiro atoms. The molecule has 0 saturated carbocycles. The molecule has 1 nitrogen and oxygen atoms in total. The van der Waals surface area contributed by atoms with Crippen LogP contribution in [-0.2, 0) is 4.74 Å². The Morgan fingerprint density at radius 3 is 2.77 bits per heavy atom. The van der Waals surface area contributed by atoms with Crippen LogP contribution in [-0.4, -0.2) is 7.11 Å². The fraction of sp³-hybridized carbons (Fsp3) is 0.167. The molecule has 1 aromatic rings. The number of allylic oxidation sites excluding steroid dienone is 1. The molecule has 0 aliphatic rings. The lowest BCUT2D eigenvalue weighted by Gasteiger charge is -2.01. The van der Waals surface area contributed by atoms with Gasteiger partial charge in [-0.2, -0.15) is 0 Å². The molecule has 0 atom stereocenters. The minimum Gasteiger partial charge on any atom is -0.501 e. The molecule has 13 heavy (non-hydrogen) atoms. The molecule has 0 unspecified atom stereocenters. The number of terminal acetylenes is 1. The van der Waals surface area contributed by atoms with E-state index in [9.17, 15) is 0 Å². The molecule has 0 aromatic heterocycles. The average Bonchev–Trinajstić information content (AvgIpc) is 2.18. The van der Waals surface area contributed by atoms with Crippen molar-refractivity contribution in [3.05, 3.63) is 41.2 Å². The zero-order chi connectivity index (χ0) is 9.68. The van der Waals surface area contributed by atoms with Gasteiger partial charge in [0.25, 0.3) is 0 Å². The van der Waals surface area contributed by atoms with Gasteiger partial charge < -0.3 is 4.74 Å². The van der Waals surface area contributed by atoms with Gasteiger partial charge in [-0.1, -0.05) is 24.1 Å². The van der Waals surface area contributed by atoms with Crippen LogP contribution in [0.4, 0.5) is 0 Å². The van der Waals surface area contributed by atoms with Crippen LogP contribution in [0.15, 0.2) is 30.0 Å². The second-order valence-corrected chi connectivity index (χ2v) is 2.69. The topological polar surface area (TPSA) is 9.23 Å². The predicted octanol–water partition coefficient (Wildman–Crippen LogP) is 2.68. The second-order valence-electron chi connectivity index (χ2n) is 2.69. The highest BCUT2D eigenvalue weighted by Gasteiger charge is 1.95. The van der Waals surface area contributed by atoms with Crippen LogP contribution >= 0.6 is 0 Å². The number of ether oxygens (including phenoxy) is 1. The van der Waals surface area contributed by atoms with Crippen molar-refractivity contribution in [3.8, 4) is 12.3 Å². The van der Waals surface area contributed by atoms with Gasteiger partial charge in [-0.05, 0) is 24.6 Å². The molecule has 1 heteroatoms. The number of rotatable bonds is 2. The van der Waals surface area contributed by atoms with Crippen molar-refractivity contribution in [1.29, 1.82) is 0 Å². The summed E-state index contributed by atoms with van der Waals surface area (Å²) in [6.45, 7) is 1.90. The van der Waals surface area contributed by atoms with E-state index >= 15 is 0 Å². The lowest BCUT2D eigenvalue weighted by molar-refractivity contribution is 0.297. The van der Waals surface area contributed by atoms with Gasteiger partial charge in [-0.15, -0.1) is 6.42 Å². The summed E-state index contributed by atoms with van der Waals surface area (Å²) in [5.74, 6) is 3.47. The van der Waals surface area contributed by atoms with Crippen LogP contribution in [0.1, 0.15) is 18.1 Å². The van der Waals surface area contributed by atoms with E-state index in [0.717, 1.165) is 16.9 Å². The van der Waals surface area contributed by atoms with Crippen molar-refractivity contribution in [2.45, 2.75) is 6.92 Å². The molecule has 1 aromatic carbocycles. The highest BCUT2D eigenvalue weighted by Crippen LogP contribution is 2.11. The zero-order valence-corrected chi connectivity index (χ0v) is 7.87. The third-order valence-electron chi connectivity index (χ3n) is 1.80. The number of benzene rings is 1. The molecule has 0 N–H and O–H groups in total. The van der Waals surface area contributed by atoms with Crippen molar-refractivity contribution < 1.29 is 4.74 Å². The van der Waals surface area contributed by atoms with Crippen LogP contribution in [0, 0.1) is 12.3 Å². The molecule has 0 radical (unpaired) electrons. The lowest BCUT2D eigenvalue weighted by Crippen LogP contribution is -1.84. The third kappa shape index (κ3) is 2.38. The first-order valence-electron chi connectivity index (χ1n) is 4.06. The molecule has 0 aliphatic carbocycles. The molecule has 0 aliphatic heterocycles. The van der Waals surface area contributed by atoms with Crippen LogP contribution in [0.25, 0.3) is 6.08 Å². The van der Waals surface area contributed by atoms with E-state index in [-0.39, 0.29) is 0 Å². The lowest BCUT2D eigenvalue weighted by atomic mass is 10.1. The Labute approximate surface area is 79.0 Å². The van der Waals surface area contributed by atoms with E-state index in [1.165, 1.54) is 0 Å². The van der Waals surface area contributed by atoms with Gasteiger partial charge in [0, 0.05) is 5.56 Å². The Morgan fingerprint density at radius 2 is 2.15 bits per heavy atom. The van der Waals surface area contributed by atoms with E-state index in [1.807, 2.05) is 37.3 Å². The summed E-state index contributed by atoms with van der Waals surface area (Å²) in [5, 5.41) is 0. The molecule has 0 fully saturated rings. The van der Waals surface area contributed by atoms with Crippen molar-refractivity contribution in [1.82, 2.24) is 0 Å². The van der Waals surface area contributed by atoms with Crippen LogP contribution in [0.2, 0.25) is 0 Å². The van der Waals surface area contributed by atoms with Gasteiger partial charge in [0.1, 0.15) is 0 Å². The summed E-state index contributed by atoms with van der Waals surface area (Å²) in [6.07, 6.45) is 7.27. The van der Waals surface area contributed by atoms with Gasteiger partial charge in [0.15, 0.2) is 0 Å². The standard InChI is InChI=1S/C12H12O/c1-4-11-7-5-6-8-12(11)9-10(2)13-3/h1,5-9H,2-3H3/b10-9+. The largest absolute Gasteiger partial charge is 0.501 e. The van der Waals surface area contributed by atoms with Gasteiger partial charge in [-0.3, -0.25) is 0 Å². The maximum atomic E-state index is 5.35. The number of hydrogen-bond donors (Lipinski definition) is 0. The van der Waals surface area contributed by atoms with Gasteiger partial charge in [-0.25, -0.2) is 0 Å². The smallest absolute Gasteiger partial charge is 0.0930 e. The maximum absolute atomic E-state index is 5.35. The van der Waals surface area contributed by atoms with E-state index < -0.39 is 0 Å². The summed E-state index contributed by atoms with van der Waals surface area (Å²) in [7, 11) is 1.64. The number of hydrogen-bond acceptors (Lipinski definition) is 1.